The van der Waals surface area contributed by atoms with E-state index < -0.39 is 21.8 Å². The summed E-state index contributed by atoms with van der Waals surface area (Å²) < 4.78 is 52.9. The molecule has 17 heteroatoms. The van der Waals surface area contributed by atoms with Crippen LogP contribution >= 0.6 is 0 Å². The minimum absolute atomic E-state index is 0.0173. The maximum atomic E-state index is 13.1. The van der Waals surface area contributed by atoms with Gasteiger partial charge in [0, 0.05) is 50.6 Å². The van der Waals surface area contributed by atoms with Gasteiger partial charge in [0.2, 0.25) is 5.91 Å². The summed E-state index contributed by atoms with van der Waals surface area (Å²) in [7, 11) is -3.65. The Hall–Kier alpha value is -4.29. The van der Waals surface area contributed by atoms with Crippen LogP contribution in [0, 0.1) is 0 Å². The zero-order chi connectivity index (χ0) is 47.9. The van der Waals surface area contributed by atoms with E-state index in [1.807, 2.05) is 0 Å². The molecule has 0 saturated heterocycles. The summed E-state index contributed by atoms with van der Waals surface area (Å²) in [5, 5.41) is 20.0. The van der Waals surface area contributed by atoms with Crippen molar-refractivity contribution >= 4 is 39.2 Å². The number of carboxylic acids is 2. The van der Waals surface area contributed by atoms with Crippen molar-refractivity contribution in [2.75, 3.05) is 66.0 Å². The Balaban J connectivity index is 1.44. The number of ether oxygens (including phenoxy) is 5. The van der Waals surface area contributed by atoms with Crippen molar-refractivity contribution in [2.45, 2.75) is 152 Å². The summed E-state index contributed by atoms with van der Waals surface area (Å²) in [6.45, 7) is 2.25. The third-order valence-electron chi connectivity index (χ3n) is 10.6. The van der Waals surface area contributed by atoms with E-state index in [1.54, 1.807) is 36.4 Å². The molecule has 1 aromatic carbocycles. The van der Waals surface area contributed by atoms with Crippen LogP contribution in [-0.4, -0.2) is 119 Å². The topological polar surface area (TPSA) is 231 Å². The van der Waals surface area contributed by atoms with Gasteiger partial charge in [0.25, 0.3) is 0 Å². The van der Waals surface area contributed by atoms with Gasteiger partial charge in [-0.05, 0) is 68.5 Å². The van der Waals surface area contributed by atoms with E-state index in [9.17, 15) is 32.4 Å². The Kier molecular flexibility index (Phi) is 33.1. The average Bonchev–Trinajstić information content (AvgIpc) is 3.29. The molecule has 0 spiro atoms. The number of carbonyl (C=O) groups is 5. The van der Waals surface area contributed by atoms with Crippen molar-refractivity contribution in [2.24, 2.45) is 0 Å². The van der Waals surface area contributed by atoms with Crippen LogP contribution in [0.25, 0.3) is 0 Å². The van der Waals surface area contributed by atoms with Gasteiger partial charge in [-0.15, -0.1) is 0 Å². The predicted octanol–water partition coefficient (Wildman–Crippen LogP) is 8.12. The lowest BCUT2D eigenvalue weighted by atomic mass is 10.0. The summed E-state index contributed by atoms with van der Waals surface area (Å²) in [5.74, 6) is -1.58. The predicted molar refractivity (Wildman–Crippen MR) is 250 cm³/mol. The number of sulfone groups is 1. The number of pyridine rings is 1. The van der Waals surface area contributed by atoms with Crippen LogP contribution in [0.2, 0.25) is 0 Å². The summed E-state index contributed by atoms with van der Waals surface area (Å²) in [6, 6.07) is 9.66. The highest BCUT2D eigenvalue weighted by Gasteiger charge is 2.17. The number of hydrogen-bond donors (Lipinski definition) is 3. The van der Waals surface area contributed by atoms with Gasteiger partial charge in [0.15, 0.2) is 21.4 Å². The second-order valence-corrected chi connectivity index (χ2v) is 18.4. The Morgan fingerprint density at radius 1 is 0.515 bits per heavy atom. The molecule has 16 nitrogen and oxygen atoms in total. The quantitative estimate of drug-likeness (QED) is 0.0420. The molecule has 0 aliphatic heterocycles. The fourth-order valence-corrected chi connectivity index (χ4v) is 8.14. The highest BCUT2D eigenvalue weighted by molar-refractivity contribution is 7.90. The number of unbranched alkanes of at least 4 members (excludes halogenated alkanes) is 15. The zero-order valence-electron chi connectivity index (χ0n) is 39.0. The van der Waals surface area contributed by atoms with E-state index in [0.29, 0.717) is 88.5 Å². The van der Waals surface area contributed by atoms with Gasteiger partial charge in [-0.3, -0.25) is 24.2 Å². The average molecular weight is 949 g/mol. The summed E-state index contributed by atoms with van der Waals surface area (Å²) >= 11 is 0. The van der Waals surface area contributed by atoms with E-state index in [-0.39, 0.29) is 67.6 Å². The largest absolute Gasteiger partial charge is 0.494 e. The number of amides is 1. The first kappa shape index (κ1) is 57.8. The van der Waals surface area contributed by atoms with Crippen molar-refractivity contribution in [1.29, 1.82) is 0 Å². The monoisotopic (exact) mass is 949 g/mol. The molecule has 2 rings (SSSR count). The fourth-order valence-electron chi connectivity index (χ4n) is 6.86. The van der Waals surface area contributed by atoms with Crippen LogP contribution in [0.4, 0.5) is 0 Å². The number of nitrogens with zero attached hydrogens (tertiary/aromatic N) is 1. The summed E-state index contributed by atoms with van der Waals surface area (Å²) in [4.78, 5) is 62.0. The number of ketones is 2. The molecule has 0 atom stereocenters. The molecule has 0 radical (unpaired) electrons. The number of benzene rings is 1. The smallest absolute Gasteiger partial charge is 0.329 e. The van der Waals surface area contributed by atoms with E-state index in [2.05, 4.69) is 10.3 Å². The van der Waals surface area contributed by atoms with Gasteiger partial charge in [-0.2, -0.15) is 0 Å². The number of carbonyl (C=O) groups excluding carboxylic acids is 3. The lowest BCUT2D eigenvalue weighted by Gasteiger charge is -2.09. The van der Waals surface area contributed by atoms with Gasteiger partial charge in [0.1, 0.15) is 19.0 Å². The van der Waals surface area contributed by atoms with Crippen LogP contribution in [0.1, 0.15) is 157 Å². The number of hydrogen-bond acceptors (Lipinski definition) is 13. The van der Waals surface area contributed by atoms with Crippen LogP contribution in [-0.2, 0) is 53.7 Å². The van der Waals surface area contributed by atoms with Crippen LogP contribution < -0.4 is 10.1 Å². The first-order valence-corrected chi connectivity index (χ1v) is 25.6. The van der Waals surface area contributed by atoms with E-state index in [4.69, 9.17) is 33.9 Å². The third-order valence-corrected chi connectivity index (χ3v) is 12.2. The molecule has 1 amide bonds. The molecular formula is C49H76N2O14S. The summed E-state index contributed by atoms with van der Waals surface area (Å²) in [5.41, 5.74) is 0.788. The molecule has 3 N–H and O–H groups in total. The standard InChI is InChI=1S/C49H76N2O14S/c52-43(19-18-30-61-33-36-64-39-49(57)58)38-63-35-34-62-32-29-50-47(54)21-15-12-11-14-20-46(53)41-23-24-42(51-37-41)40-66(59,60)45-27-25-44(26-28-45)65-31-17-13-9-7-5-3-1-2-4-6-8-10-16-22-48(55)56/h23-28,37H,1-22,29-36,38-40H2,(H,50,54)(H,55,56)(H,57,58). The van der Waals surface area contributed by atoms with Crippen molar-refractivity contribution < 1.29 is 66.3 Å². The Morgan fingerprint density at radius 2 is 1.06 bits per heavy atom. The molecule has 0 aliphatic carbocycles. The molecule has 2 aromatic rings. The molecule has 372 valence electrons. The Morgan fingerprint density at radius 3 is 1.65 bits per heavy atom. The van der Waals surface area contributed by atoms with Gasteiger partial charge < -0.3 is 39.2 Å². The fraction of sp³-hybridized carbons (Fsp3) is 0.673. The van der Waals surface area contributed by atoms with Gasteiger partial charge in [-0.25, -0.2) is 13.2 Å². The van der Waals surface area contributed by atoms with Gasteiger partial charge in [0.05, 0.1) is 56.0 Å². The number of Topliss-reactive ketones (excluding diaryl/α,β-unsaturated/α-hetero) is 2. The molecule has 0 fully saturated rings. The Bertz CT molecular complexity index is 1740. The van der Waals surface area contributed by atoms with Crippen molar-refractivity contribution in [3.63, 3.8) is 0 Å². The normalized spacial score (nSPS) is 11.4. The Labute approximate surface area is 392 Å². The first-order valence-electron chi connectivity index (χ1n) is 23.9. The highest BCUT2D eigenvalue weighted by Crippen LogP contribution is 2.21. The highest BCUT2D eigenvalue weighted by atomic mass is 32.2. The van der Waals surface area contributed by atoms with Crippen molar-refractivity contribution in [3.8, 4) is 5.75 Å². The molecule has 0 aliphatic rings. The molecule has 0 bridgehead atoms. The van der Waals surface area contributed by atoms with Gasteiger partial charge in [-0.1, -0.05) is 83.5 Å². The van der Waals surface area contributed by atoms with E-state index in [1.165, 1.54) is 57.6 Å². The van der Waals surface area contributed by atoms with Crippen LogP contribution in [0.3, 0.4) is 0 Å². The second-order valence-electron chi connectivity index (χ2n) is 16.4. The lowest BCUT2D eigenvalue weighted by molar-refractivity contribution is -0.143. The van der Waals surface area contributed by atoms with Crippen LogP contribution in [0.15, 0.2) is 47.5 Å². The van der Waals surface area contributed by atoms with E-state index >= 15 is 0 Å². The maximum absolute atomic E-state index is 13.1. The molecule has 1 heterocycles. The zero-order valence-corrected chi connectivity index (χ0v) is 39.8. The molecule has 0 saturated carbocycles. The first-order chi connectivity index (χ1) is 32.0. The van der Waals surface area contributed by atoms with Crippen molar-refractivity contribution in [3.05, 3.63) is 53.9 Å². The number of nitrogens with one attached hydrogen (secondary N) is 1. The SMILES string of the molecule is O=C(O)CCCCCCCCCCCCCCCOc1ccc(S(=O)(=O)Cc2ccc(C(=O)CCCCCCC(=O)NCCOCCOCC(=O)CCCOCCOCC(=O)O)cn2)cc1. The third kappa shape index (κ3) is 31.6. The number of carboxylic acid groups (broad SMARTS) is 2. The number of aromatic nitrogens is 1. The second kappa shape index (κ2) is 37.8. The minimum Gasteiger partial charge on any atom is -0.494 e. The molecule has 1 aromatic heterocycles. The maximum Gasteiger partial charge on any atom is 0.329 e. The van der Waals surface area contributed by atoms with Crippen LogP contribution in [0.5, 0.6) is 5.75 Å². The van der Waals surface area contributed by atoms with Gasteiger partial charge >= 0.3 is 11.9 Å². The molecular weight excluding hydrogens is 873 g/mol. The number of rotatable bonds is 45. The van der Waals surface area contributed by atoms with Crippen molar-refractivity contribution in [1.82, 2.24) is 10.3 Å². The molecule has 0 unspecified atom stereocenters. The minimum atomic E-state index is -3.65. The lowest BCUT2D eigenvalue weighted by Crippen LogP contribution is -2.27. The summed E-state index contributed by atoms with van der Waals surface area (Å²) in [6.07, 6.45) is 21.0. The van der Waals surface area contributed by atoms with E-state index in [0.717, 1.165) is 44.9 Å². The number of aliphatic carboxylic acids is 2. The molecule has 66 heavy (non-hydrogen) atoms.